The Labute approximate surface area is 98.6 Å². The van der Waals surface area contributed by atoms with Gasteiger partial charge in [-0.25, -0.2) is 0 Å². The lowest BCUT2D eigenvalue weighted by atomic mass is 10.1. The van der Waals surface area contributed by atoms with Crippen LogP contribution < -0.4 is 0 Å². The Hall–Kier alpha value is -0.193. The number of fused-ring (bicyclic) bond motifs is 1. The van der Waals surface area contributed by atoms with E-state index in [9.17, 15) is 4.79 Å². The van der Waals surface area contributed by atoms with Crippen molar-refractivity contribution in [2.24, 2.45) is 0 Å². The first-order chi connectivity index (χ1) is 7.19. The van der Waals surface area contributed by atoms with E-state index in [0.29, 0.717) is 13.0 Å². The number of epoxide rings is 1. The minimum absolute atomic E-state index is 0.157. The smallest absolute Gasteiger partial charge is 0.192 e. The zero-order valence-electron chi connectivity index (χ0n) is 10.9. The summed E-state index contributed by atoms with van der Waals surface area (Å²) in [6.45, 7) is 11.5. The van der Waals surface area contributed by atoms with Gasteiger partial charge in [0.2, 0.25) is 0 Å². The van der Waals surface area contributed by atoms with Crippen LogP contribution in [0.5, 0.6) is 0 Å². The third-order valence-corrected chi connectivity index (χ3v) is 8.85. The molecule has 3 nitrogen and oxygen atoms in total. The zero-order chi connectivity index (χ0) is 12.2. The molecule has 1 aliphatic heterocycles. The summed E-state index contributed by atoms with van der Waals surface area (Å²) in [5, 5.41) is 0.190. The fourth-order valence-corrected chi connectivity index (χ4v) is 2.95. The number of ketones is 1. The molecule has 16 heavy (non-hydrogen) atoms. The Balaban J connectivity index is 1.96. The minimum atomic E-state index is -1.75. The fraction of sp³-hybridized carbons (Fsp3) is 0.917. The van der Waals surface area contributed by atoms with Crippen LogP contribution >= 0.6 is 0 Å². The predicted molar refractivity (Wildman–Crippen MR) is 65.0 cm³/mol. The molecule has 0 radical (unpaired) electrons. The van der Waals surface area contributed by atoms with E-state index in [1.807, 2.05) is 0 Å². The summed E-state index contributed by atoms with van der Waals surface area (Å²) >= 11 is 0. The van der Waals surface area contributed by atoms with Gasteiger partial charge in [0.1, 0.15) is 0 Å². The quantitative estimate of drug-likeness (QED) is 0.564. The lowest BCUT2D eigenvalue weighted by molar-refractivity contribution is -0.124. The number of carbonyl (C=O) groups is 1. The highest BCUT2D eigenvalue weighted by atomic mass is 28.4. The van der Waals surface area contributed by atoms with E-state index >= 15 is 0 Å². The summed E-state index contributed by atoms with van der Waals surface area (Å²) in [6.07, 6.45) is 1.72. The number of rotatable bonds is 3. The number of hydrogen-bond acceptors (Lipinski definition) is 3. The highest BCUT2D eigenvalue weighted by Crippen LogP contribution is 2.48. The van der Waals surface area contributed by atoms with E-state index in [-0.39, 0.29) is 16.9 Å². The Morgan fingerprint density at radius 1 is 1.50 bits per heavy atom. The molecule has 4 heteroatoms. The predicted octanol–water partition coefficient (Wildman–Crippen LogP) is 2.51. The van der Waals surface area contributed by atoms with E-state index in [4.69, 9.17) is 9.16 Å². The molecule has 2 atom stereocenters. The van der Waals surface area contributed by atoms with Gasteiger partial charge in [-0.1, -0.05) is 20.8 Å². The molecule has 0 bridgehead atoms. The average molecular weight is 242 g/mol. The molecule has 0 aromatic heterocycles. The van der Waals surface area contributed by atoms with Gasteiger partial charge < -0.3 is 9.16 Å². The highest BCUT2D eigenvalue weighted by Gasteiger charge is 2.66. The molecule has 0 unspecified atom stereocenters. The summed E-state index contributed by atoms with van der Waals surface area (Å²) in [5.74, 6) is 0.246. The number of Topliss-reactive ketones (excluding diaryl/α,β-unsaturated/α-hetero) is 1. The molecule has 0 spiro atoms. The first kappa shape index (κ1) is 12.3. The molecule has 2 aliphatic rings. The standard InChI is InChI=1S/C12H22O3Si/c1-11(2,3)16(4,5)14-8-12-9(13)6-7-10(12)15-12/h10H,6-8H2,1-5H3/t10-,12+/m0/s1. The molecule has 1 saturated heterocycles. The van der Waals surface area contributed by atoms with Crippen molar-refractivity contribution < 1.29 is 14.0 Å². The Morgan fingerprint density at radius 2 is 2.12 bits per heavy atom. The molecule has 0 aromatic carbocycles. The van der Waals surface area contributed by atoms with Crippen molar-refractivity contribution in [1.82, 2.24) is 0 Å². The second-order valence-corrected chi connectivity index (χ2v) is 11.3. The van der Waals surface area contributed by atoms with Gasteiger partial charge in [0, 0.05) is 6.42 Å². The Morgan fingerprint density at radius 3 is 2.50 bits per heavy atom. The molecular formula is C12H22O3Si. The average Bonchev–Trinajstić information content (AvgIpc) is 2.77. The third kappa shape index (κ3) is 1.77. The largest absolute Gasteiger partial charge is 0.413 e. The van der Waals surface area contributed by atoms with Crippen LogP contribution in [-0.4, -0.2) is 32.4 Å². The summed E-state index contributed by atoms with van der Waals surface area (Å²) in [5.41, 5.74) is -0.532. The molecular weight excluding hydrogens is 220 g/mol. The Bertz CT molecular complexity index is 319. The van der Waals surface area contributed by atoms with Gasteiger partial charge in [0.15, 0.2) is 19.7 Å². The van der Waals surface area contributed by atoms with Crippen molar-refractivity contribution in [3.05, 3.63) is 0 Å². The molecule has 2 rings (SSSR count). The van der Waals surface area contributed by atoms with Crippen LogP contribution in [-0.2, 0) is 14.0 Å². The fourth-order valence-electron chi connectivity index (χ4n) is 1.94. The first-order valence-electron chi connectivity index (χ1n) is 6.04. The number of ether oxygens (including phenoxy) is 1. The summed E-state index contributed by atoms with van der Waals surface area (Å²) in [7, 11) is -1.75. The van der Waals surface area contributed by atoms with Crippen molar-refractivity contribution >= 4 is 14.1 Å². The normalized spacial score (nSPS) is 34.1. The van der Waals surface area contributed by atoms with Crippen LogP contribution in [0.4, 0.5) is 0 Å². The van der Waals surface area contributed by atoms with Gasteiger partial charge in [-0.05, 0) is 24.6 Å². The molecule has 1 heterocycles. The van der Waals surface area contributed by atoms with E-state index in [2.05, 4.69) is 33.9 Å². The molecule has 2 fully saturated rings. The van der Waals surface area contributed by atoms with Gasteiger partial charge in [0.05, 0.1) is 12.7 Å². The second-order valence-electron chi connectivity index (χ2n) is 6.51. The van der Waals surface area contributed by atoms with Crippen LogP contribution in [0.15, 0.2) is 0 Å². The molecule has 0 aromatic rings. The Kier molecular flexibility index (Phi) is 2.61. The lowest BCUT2D eigenvalue weighted by Crippen LogP contribution is -2.44. The first-order valence-corrected chi connectivity index (χ1v) is 8.95. The summed E-state index contributed by atoms with van der Waals surface area (Å²) in [6, 6.07) is 0. The molecule has 92 valence electrons. The monoisotopic (exact) mass is 242 g/mol. The summed E-state index contributed by atoms with van der Waals surface area (Å²) < 4.78 is 11.6. The molecule has 1 saturated carbocycles. The van der Waals surface area contributed by atoms with Gasteiger partial charge in [-0.3, -0.25) is 4.79 Å². The maximum Gasteiger partial charge on any atom is 0.192 e. The second kappa shape index (κ2) is 3.40. The summed E-state index contributed by atoms with van der Waals surface area (Å²) in [4.78, 5) is 11.7. The molecule has 0 amide bonds. The van der Waals surface area contributed by atoms with Crippen LogP contribution in [0.2, 0.25) is 18.1 Å². The maximum absolute atomic E-state index is 11.7. The molecule has 1 aliphatic carbocycles. The van der Waals surface area contributed by atoms with Gasteiger partial charge >= 0.3 is 0 Å². The van der Waals surface area contributed by atoms with Crippen LogP contribution in [0.1, 0.15) is 33.6 Å². The van der Waals surface area contributed by atoms with Crippen molar-refractivity contribution in [1.29, 1.82) is 0 Å². The van der Waals surface area contributed by atoms with Crippen molar-refractivity contribution in [2.45, 2.75) is 63.5 Å². The van der Waals surface area contributed by atoms with Crippen molar-refractivity contribution in [2.75, 3.05) is 6.61 Å². The van der Waals surface area contributed by atoms with E-state index in [1.54, 1.807) is 0 Å². The van der Waals surface area contributed by atoms with Gasteiger partial charge in [0.25, 0.3) is 0 Å². The maximum atomic E-state index is 11.7. The lowest BCUT2D eigenvalue weighted by Gasteiger charge is -2.36. The van der Waals surface area contributed by atoms with Crippen LogP contribution in [0.25, 0.3) is 0 Å². The zero-order valence-corrected chi connectivity index (χ0v) is 11.9. The minimum Gasteiger partial charge on any atom is -0.413 e. The topological polar surface area (TPSA) is 38.8 Å². The van der Waals surface area contributed by atoms with Crippen LogP contribution in [0, 0.1) is 0 Å². The van der Waals surface area contributed by atoms with Crippen molar-refractivity contribution in [3.63, 3.8) is 0 Å². The highest BCUT2D eigenvalue weighted by molar-refractivity contribution is 6.74. The number of carbonyl (C=O) groups excluding carboxylic acids is 1. The SMILES string of the molecule is CC(C)(C)[Si](C)(C)OC[C@]12O[C@H]1CCC2=O. The third-order valence-electron chi connectivity index (χ3n) is 4.37. The van der Waals surface area contributed by atoms with Crippen LogP contribution in [0.3, 0.4) is 0 Å². The van der Waals surface area contributed by atoms with Crippen molar-refractivity contribution in [3.8, 4) is 0 Å². The van der Waals surface area contributed by atoms with E-state index in [0.717, 1.165) is 6.42 Å². The number of hydrogen-bond donors (Lipinski definition) is 0. The van der Waals surface area contributed by atoms with Gasteiger partial charge in [-0.15, -0.1) is 0 Å². The van der Waals surface area contributed by atoms with E-state index < -0.39 is 13.9 Å². The molecule has 0 N–H and O–H groups in total. The van der Waals surface area contributed by atoms with E-state index in [1.165, 1.54) is 0 Å². The van der Waals surface area contributed by atoms with Gasteiger partial charge in [-0.2, -0.15) is 0 Å².